The zero-order valence-electron chi connectivity index (χ0n) is 18.1. The average Bonchev–Trinajstić information content (AvgIpc) is 3.48. The van der Waals surface area contributed by atoms with Crippen molar-refractivity contribution in [1.82, 2.24) is 30.3 Å². The van der Waals surface area contributed by atoms with E-state index in [-0.39, 0.29) is 6.10 Å². The van der Waals surface area contributed by atoms with Crippen LogP contribution in [0.15, 0.2) is 24.3 Å². The van der Waals surface area contributed by atoms with E-state index in [1.807, 2.05) is 4.52 Å². The number of aryl methyl sites for hydroxylation is 1. The Kier molecular flexibility index (Phi) is 6.00. The van der Waals surface area contributed by atoms with Crippen molar-refractivity contribution in [1.29, 1.82) is 0 Å². The van der Waals surface area contributed by atoms with Crippen molar-refractivity contribution in [2.75, 3.05) is 13.2 Å². The van der Waals surface area contributed by atoms with E-state index in [2.05, 4.69) is 56.9 Å². The van der Waals surface area contributed by atoms with E-state index < -0.39 is 0 Å². The minimum Gasteiger partial charge on any atom is -0.376 e. The number of nitrogens with zero attached hydrogens (tertiary/aromatic N) is 5. The van der Waals surface area contributed by atoms with Crippen LogP contribution in [0.1, 0.15) is 56.1 Å². The minimum absolute atomic E-state index is 0.266. The van der Waals surface area contributed by atoms with Gasteiger partial charge in [-0.25, -0.2) is 0 Å². The summed E-state index contributed by atoms with van der Waals surface area (Å²) in [4.78, 5) is 2.37. The topological polar surface area (TPSA) is 67.6 Å². The molecule has 0 spiro atoms. The Hall–Kier alpha value is -2.32. The molecule has 3 aromatic rings. The van der Waals surface area contributed by atoms with E-state index in [9.17, 15) is 0 Å². The van der Waals surface area contributed by atoms with Gasteiger partial charge in [-0.3, -0.25) is 0 Å². The standard InChI is InChI=1S/C23H30N6OS/c1-16-9-10-21-17(12-16)13-18(22-25-26-27-29(21)22)15-28(19-6-3-2-4-7-19)23(31)24-14-20-8-5-11-30-20/h9-10,12-13,19-20H,2-8,11,14-15H2,1H3,(H,24,31). The second-order valence-corrected chi connectivity index (χ2v) is 9.27. The van der Waals surface area contributed by atoms with E-state index in [4.69, 9.17) is 17.0 Å². The number of tetrazole rings is 1. The summed E-state index contributed by atoms with van der Waals surface area (Å²) in [5.41, 5.74) is 4.16. The Balaban J connectivity index is 1.45. The van der Waals surface area contributed by atoms with Crippen LogP contribution in [0.4, 0.5) is 0 Å². The van der Waals surface area contributed by atoms with Gasteiger partial charge in [-0.1, -0.05) is 30.9 Å². The molecule has 1 saturated carbocycles. The van der Waals surface area contributed by atoms with Crippen molar-refractivity contribution >= 4 is 33.9 Å². The van der Waals surface area contributed by atoms with Crippen LogP contribution >= 0.6 is 12.2 Å². The largest absolute Gasteiger partial charge is 0.376 e. The molecule has 1 aliphatic heterocycles. The lowest BCUT2D eigenvalue weighted by Gasteiger charge is -2.36. The molecule has 0 bridgehead atoms. The molecule has 2 aromatic heterocycles. The van der Waals surface area contributed by atoms with Crippen LogP contribution < -0.4 is 5.32 Å². The molecule has 164 valence electrons. The minimum atomic E-state index is 0.266. The summed E-state index contributed by atoms with van der Waals surface area (Å²) in [6.45, 7) is 4.46. The second kappa shape index (κ2) is 9.04. The summed E-state index contributed by atoms with van der Waals surface area (Å²) in [7, 11) is 0. The van der Waals surface area contributed by atoms with Crippen LogP contribution in [0.2, 0.25) is 0 Å². The highest BCUT2D eigenvalue weighted by Gasteiger charge is 2.26. The first-order valence-electron chi connectivity index (χ1n) is 11.5. The summed E-state index contributed by atoms with van der Waals surface area (Å²) in [5.74, 6) is 0. The van der Waals surface area contributed by atoms with Crippen molar-refractivity contribution in [3.05, 3.63) is 35.4 Å². The van der Waals surface area contributed by atoms with Gasteiger partial charge in [0.2, 0.25) is 0 Å². The normalized spacial score (nSPS) is 19.8. The van der Waals surface area contributed by atoms with Gasteiger partial charge in [-0.15, -0.1) is 5.10 Å². The molecule has 2 aliphatic rings. The van der Waals surface area contributed by atoms with Crippen LogP contribution in [0, 0.1) is 6.92 Å². The summed E-state index contributed by atoms with van der Waals surface area (Å²) >= 11 is 5.91. The van der Waals surface area contributed by atoms with Gasteiger partial charge >= 0.3 is 0 Å². The van der Waals surface area contributed by atoms with Crippen molar-refractivity contribution in [3.8, 4) is 0 Å². The van der Waals surface area contributed by atoms with Gasteiger partial charge < -0.3 is 15.0 Å². The number of fused-ring (bicyclic) bond motifs is 3. The van der Waals surface area contributed by atoms with Crippen molar-refractivity contribution < 1.29 is 4.74 Å². The van der Waals surface area contributed by atoms with Crippen molar-refractivity contribution in [3.63, 3.8) is 0 Å². The summed E-state index contributed by atoms with van der Waals surface area (Å²) in [5, 5.41) is 18.0. The van der Waals surface area contributed by atoms with E-state index in [0.717, 1.165) is 53.2 Å². The van der Waals surface area contributed by atoms with Gasteiger partial charge in [-0.05, 0) is 73.5 Å². The maximum Gasteiger partial charge on any atom is 0.184 e. The molecule has 1 aliphatic carbocycles. The predicted molar refractivity (Wildman–Crippen MR) is 125 cm³/mol. The van der Waals surface area contributed by atoms with E-state index in [0.29, 0.717) is 12.6 Å². The molecule has 2 fully saturated rings. The highest BCUT2D eigenvalue weighted by molar-refractivity contribution is 7.80. The Bertz CT molecular complexity index is 1070. The van der Waals surface area contributed by atoms with Gasteiger partial charge in [0.15, 0.2) is 10.8 Å². The molecule has 31 heavy (non-hydrogen) atoms. The molecule has 0 radical (unpaired) electrons. The molecule has 1 N–H and O–H groups in total. The number of nitrogens with one attached hydrogen (secondary N) is 1. The van der Waals surface area contributed by atoms with Gasteiger partial charge in [0, 0.05) is 36.7 Å². The first-order valence-corrected chi connectivity index (χ1v) is 11.9. The average molecular weight is 439 g/mol. The molecule has 1 aromatic carbocycles. The molecule has 1 saturated heterocycles. The highest BCUT2D eigenvalue weighted by atomic mass is 32.1. The monoisotopic (exact) mass is 438 g/mol. The number of thiocarbonyl (C=S) groups is 1. The molecule has 3 heterocycles. The molecule has 7 nitrogen and oxygen atoms in total. The van der Waals surface area contributed by atoms with Crippen LogP contribution in [0.5, 0.6) is 0 Å². The number of ether oxygens (including phenoxy) is 1. The number of hydrogen-bond acceptors (Lipinski definition) is 5. The number of aromatic nitrogens is 4. The van der Waals surface area contributed by atoms with Gasteiger partial charge in [0.25, 0.3) is 0 Å². The van der Waals surface area contributed by atoms with Crippen LogP contribution in [0.3, 0.4) is 0 Å². The Morgan fingerprint density at radius 3 is 2.87 bits per heavy atom. The van der Waals surface area contributed by atoms with Gasteiger partial charge in [0.05, 0.1) is 11.6 Å². The van der Waals surface area contributed by atoms with Crippen LogP contribution in [-0.2, 0) is 11.3 Å². The SMILES string of the molecule is Cc1ccc2c(c1)cc(CN(C(=S)NCC1CCCO1)C1CCCCC1)c1nnnn12. The third kappa shape index (κ3) is 4.36. The van der Waals surface area contributed by atoms with E-state index >= 15 is 0 Å². The summed E-state index contributed by atoms with van der Waals surface area (Å²) in [6.07, 6.45) is 8.69. The Labute approximate surface area is 188 Å². The fraction of sp³-hybridized carbons (Fsp3) is 0.565. The number of rotatable bonds is 5. The third-order valence-electron chi connectivity index (χ3n) is 6.62. The fourth-order valence-electron chi connectivity index (χ4n) is 4.95. The maximum absolute atomic E-state index is 5.91. The quantitative estimate of drug-likeness (QED) is 0.608. The number of pyridine rings is 1. The summed E-state index contributed by atoms with van der Waals surface area (Å²) in [6, 6.07) is 9.06. The Morgan fingerprint density at radius 2 is 2.06 bits per heavy atom. The van der Waals surface area contributed by atoms with Crippen LogP contribution in [0.25, 0.3) is 16.6 Å². The fourth-order valence-corrected chi connectivity index (χ4v) is 5.25. The van der Waals surface area contributed by atoms with Gasteiger partial charge in [0.1, 0.15) is 0 Å². The molecular weight excluding hydrogens is 408 g/mol. The van der Waals surface area contributed by atoms with Crippen molar-refractivity contribution in [2.24, 2.45) is 0 Å². The summed E-state index contributed by atoms with van der Waals surface area (Å²) < 4.78 is 7.64. The molecular formula is C23H30N6OS. The first kappa shape index (κ1) is 20.6. The molecule has 0 amide bonds. The lowest BCUT2D eigenvalue weighted by Crippen LogP contribution is -2.48. The smallest absolute Gasteiger partial charge is 0.184 e. The highest BCUT2D eigenvalue weighted by Crippen LogP contribution is 2.27. The maximum atomic E-state index is 5.91. The zero-order chi connectivity index (χ0) is 21.2. The van der Waals surface area contributed by atoms with E-state index in [1.165, 1.54) is 37.7 Å². The molecule has 1 unspecified atom stereocenters. The second-order valence-electron chi connectivity index (χ2n) is 8.89. The number of benzene rings is 1. The lowest BCUT2D eigenvalue weighted by molar-refractivity contribution is 0.112. The van der Waals surface area contributed by atoms with Gasteiger partial charge in [-0.2, -0.15) is 4.52 Å². The van der Waals surface area contributed by atoms with Crippen molar-refractivity contribution in [2.45, 2.75) is 70.6 Å². The molecule has 1 atom stereocenters. The molecule has 5 rings (SSSR count). The first-order chi connectivity index (χ1) is 15.2. The predicted octanol–water partition coefficient (Wildman–Crippen LogP) is 3.77. The molecule has 8 heteroatoms. The van der Waals surface area contributed by atoms with E-state index in [1.54, 1.807) is 0 Å². The number of hydrogen-bond donors (Lipinski definition) is 1. The third-order valence-corrected chi connectivity index (χ3v) is 7.00. The van der Waals surface area contributed by atoms with Crippen LogP contribution in [-0.4, -0.2) is 55.4 Å². The lowest BCUT2D eigenvalue weighted by atomic mass is 9.94. The zero-order valence-corrected chi connectivity index (χ0v) is 18.9. The Morgan fingerprint density at radius 1 is 1.19 bits per heavy atom.